The zero-order valence-electron chi connectivity index (χ0n) is 11.6. The summed E-state index contributed by atoms with van der Waals surface area (Å²) in [5.41, 5.74) is 6.43. The third-order valence-electron chi connectivity index (χ3n) is 3.62. The van der Waals surface area contributed by atoms with Crippen LogP contribution >= 0.6 is 11.3 Å². The van der Waals surface area contributed by atoms with Crippen LogP contribution in [-0.2, 0) is 11.3 Å². The van der Waals surface area contributed by atoms with Gasteiger partial charge < -0.3 is 5.73 Å². The van der Waals surface area contributed by atoms with Crippen molar-refractivity contribution in [1.29, 1.82) is 0 Å². The first-order valence-electron chi connectivity index (χ1n) is 6.99. The Kier molecular flexibility index (Phi) is 4.21. The van der Waals surface area contributed by atoms with Crippen LogP contribution in [0.3, 0.4) is 0 Å². The molecule has 0 saturated carbocycles. The van der Waals surface area contributed by atoms with Gasteiger partial charge in [0.05, 0.1) is 11.7 Å². The Morgan fingerprint density at radius 2 is 2.19 bits per heavy atom. The molecule has 0 unspecified atom stereocenters. The number of piperidine rings is 1. The first kappa shape index (κ1) is 14.1. The van der Waals surface area contributed by atoms with Crippen LogP contribution in [0, 0.1) is 0 Å². The number of primary amides is 1. The summed E-state index contributed by atoms with van der Waals surface area (Å²) in [5.74, 6) is 0.399. The van der Waals surface area contributed by atoms with Gasteiger partial charge in [-0.15, -0.1) is 11.3 Å². The molecule has 2 N–H and O–H groups in total. The molecule has 0 aromatic carbocycles. The van der Waals surface area contributed by atoms with Crippen molar-refractivity contribution in [3.8, 4) is 10.8 Å². The number of thiazole rings is 1. The smallest absolute Gasteiger partial charge is 0.234 e. The maximum atomic E-state index is 11.5. The highest BCUT2D eigenvalue weighted by Gasteiger charge is 2.27. The van der Waals surface area contributed by atoms with Crippen molar-refractivity contribution in [2.45, 2.75) is 31.8 Å². The van der Waals surface area contributed by atoms with Gasteiger partial charge in [-0.1, -0.05) is 6.42 Å². The summed E-state index contributed by atoms with van der Waals surface area (Å²) >= 11 is 1.52. The van der Waals surface area contributed by atoms with E-state index in [0.29, 0.717) is 12.4 Å². The first-order valence-corrected chi connectivity index (χ1v) is 7.87. The van der Waals surface area contributed by atoms with Crippen LogP contribution in [-0.4, -0.2) is 38.3 Å². The van der Waals surface area contributed by atoms with E-state index in [9.17, 15) is 4.79 Å². The van der Waals surface area contributed by atoms with Crippen LogP contribution in [0.5, 0.6) is 0 Å². The Labute approximate surface area is 127 Å². The molecule has 110 valence electrons. The van der Waals surface area contributed by atoms with Gasteiger partial charge in [0, 0.05) is 24.3 Å². The van der Waals surface area contributed by atoms with Crippen molar-refractivity contribution < 1.29 is 4.79 Å². The molecular weight excluding hydrogens is 286 g/mol. The van der Waals surface area contributed by atoms with E-state index in [1.165, 1.54) is 11.3 Å². The molecule has 0 aliphatic carbocycles. The lowest BCUT2D eigenvalue weighted by atomic mass is 10.0. The van der Waals surface area contributed by atoms with E-state index >= 15 is 0 Å². The van der Waals surface area contributed by atoms with E-state index in [4.69, 9.17) is 5.73 Å². The molecule has 3 heterocycles. The Balaban J connectivity index is 1.73. The minimum atomic E-state index is -0.239. The van der Waals surface area contributed by atoms with Crippen molar-refractivity contribution in [2.24, 2.45) is 5.73 Å². The lowest BCUT2D eigenvalue weighted by molar-refractivity contribution is -0.124. The van der Waals surface area contributed by atoms with Gasteiger partial charge in [-0.05, 0) is 25.5 Å². The number of likely N-dealkylation sites (tertiary alicyclic amines) is 1. The SMILES string of the molecule is NC(=O)[C@@H]1CCCCN1Cc1csc(-c2ncccn2)n1. The number of nitrogens with zero attached hydrogens (tertiary/aromatic N) is 4. The maximum Gasteiger partial charge on any atom is 0.234 e. The number of rotatable bonds is 4. The molecule has 1 fully saturated rings. The van der Waals surface area contributed by atoms with Crippen molar-refractivity contribution >= 4 is 17.2 Å². The average molecular weight is 303 g/mol. The molecule has 2 aromatic rings. The summed E-state index contributed by atoms with van der Waals surface area (Å²) in [4.78, 5) is 26.6. The second-order valence-electron chi connectivity index (χ2n) is 5.10. The first-order chi connectivity index (χ1) is 10.2. The zero-order valence-corrected chi connectivity index (χ0v) is 12.4. The summed E-state index contributed by atoms with van der Waals surface area (Å²) in [6.45, 7) is 1.54. The third kappa shape index (κ3) is 3.25. The molecule has 1 amide bonds. The Morgan fingerprint density at radius 1 is 1.38 bits per heavy atom. The van der Waals surface area contributed by atoms with Gasteiger partial charge in [0.1, 0.15) is 0 Å². The standard InChI is InChI=1S/C14H17N5OS/c15-12(20)11-4-1-2-7-19(11)8-10-9-21-14(18-10)13-16-5-3-6-17-13/h3,5-6,9,11H,1-2,4,7-8H2,(H2,15,20)/t11-/m0/s1. The van der Waals surface area contributed by atoms with Crippen molar-refractivity contribution in [2.75, 3.05) is 6.54 Å². The highest BCUT2D eigenvalue weighted by molar-refractivity contribution is 7.13. The average Bonchev–Trinajstić information content (AvgIpc) is 2.97. The molecule has 21 heavy (non-hydrogen) atoms. The molecule has 0 spiro atoms. The third-order valence-corrected chi connectivity index (χ3v) is 4.50. The summed E-state index contributed by atoms with van der Waals surface area (Å²) in [7, 11) is 0. The number of amides is 1. The van der Waals surface area contributed by atoms with Gasteiger partial charge in [0.2, 0.25) is 5.91 Å². The number of aromatic nitrogens is 3. The Hall–Kier alpha value is -1.86. The number of hydrogen-bond donors (Lipinski definition) is 1. The quantitative estimate of drug-likeness (QED) is 0.923. The number of carbonyl (C=O) groups is 1. The van der Waals surface area contributed by atoms with Gasteiger partial charge >= 0.3 is 0 Å². The van der Waals surface area contributed by atoms with Gasteiger partial charge in [0.15, 0.2) is 10.8 Å². The summed E-state index contributed by atoms with van der Waals surface area (Å²) in [6.07, 6.45) is 6.41. The van der Waals surface area contributed by atoms with E-state index in [2.05, 4.69) is 19.9 Å². The summed E-state index contributed by atoms with van der Waals surface area (Å²) in [5, 5.41) is 2.80. The number of hydrogen-bond acceptors (Lipinski definition) is 6. The minimum Gasteiger partial charge on any atom is -0.368 e. The molecule has 6 nitrogen and oxygen atoms in total. The predicted octanol–water partition coefficient (Wildman–Crippen LogP) is 1.44. The van der Waals surface area contributed by atoms with E-state index < -0.39 is 0 Å². The molecule has 1 aliphatic rings. The Bertz CT molecular complexity index is 615. The molecule has 0 bridgehead atoms. The van der Waals surface area contributed by atoms with E-state index in [0.717, 1.165) is 36.5 Å². The predicted molar refractivity (Wildman–Crippen MR) is 80.4 cm³/mol. The van der Waals surface area contributed by atoms with Gasteiger partial charge in [-0.25, -0.2) is 15.0 Å². The van der Waals surface area contributed by atoms with Crippen LogP contribution in [0.25, 0.3) is 10.8 Å². The van der Waals surface area contributed by atoms with E-state index in [1.807, 2.05) is 5.38 Å². The lowest BCUT2D eigenvalue weighted by Crippen LogP contribution is -2.47. The number of nitrogens with two attached hydrogens (primary N) is 1. The molecule has 7 heteroatoms. The largest absolute Gasteiger partial charge is 0.368 e. The highest BCUT2D eigenvalue weighted by Crippen LogP contribution is 2.23. The number of carbonyl (C=O) groups excluding carboxylic acids is 1. The second kappa shape index (κ2) is 6.28. The van der Waals surface area contributed by atoms with E-state index in [1.54, 1.807) is 18.5 Å². The van der Waals surface area contributed by atoms with Crippen LogP contribution in [0.4, 0.5) is 0 Å². The molecule has 2 aromatic heterocycles. The van der Waals surface area contributed by atoms with Crippen LogP contribution in [0.1, 0.15) is 25.0 Å². The van der Waals surface area contributed by atoms with Crippen molar-refractivity contribution in [3.05, 3.63) is 29.5 Å². The summed E-state index contributed by atoms with van der Waals surface area (Å²) < 4.78 is 0. The van der Waals surface area contributed by atoms with Gasteiger partial charge in [0.25, 0.3) is 0 Å². The van der Waals surface area contributed by atoms with Gasteiger partial charge in [-0.3, -0.25) is 9.69 Å². The molecular formula is C14H17N5OS. The fraction of sp³-hybridized carbons (Fsp3) is 0.429. The second-order valence-corrected chi connectivity index (χ2v) is 5.96. The minimum absolute atomic E-state index is 0.170. The highest BCUT2D eigenvalue weighted by atomic mass is 32.1. The van der Waals surface area contributed by atoms with E-state index in [-0.39, 0.29) is 11.9 Å². The monoisotopic (exact) mass is 303 g/mol. The lowest BCUT2D eigenvalue weighted by Gasteiger charge is -2.32. The van der Waals surface area contributed by atoms with Crippen molar-refractivity contribution in [3.63, 3.8) is 0 Å². The van der Waals surface area contributed by atoms with Crippen LogP contribution < -0.4 is 5.73 Å². The van der Waals surface area contributed by atoms with Crippen LogP contribution in [0.2, 0.25) is 0 Å². The fourth-order valence-corrected chi connectivity index (χ4v) is 3.36. The molecule has 3 rings (SSSR count). The van der Waals surface area contributed by atoms with Crippen LogP contribution in [0.15, 0.2) is 23.8 Å². The molecule has 1 saturated heterocycles. The fourth-order valence-electron chi connectivity index (χ4n) is 2.60. The summed E-state index contributed by atoms with van der Waals surface area (Å²) in [6, 6.07) is 1.61. The van der Waals surface area contributed by atoms with Gasteiger partial charge in [-0.2, -0.15) is 0 Å². The van der Waals surface area contributed by atoms with Crippen molar-refractivity contribution in [1.82, 2.24) is 19.9 Å². The molecule has 1 atom stereocenters. The Morgan fingerprint density at radius 3 is 2.95 bits per heavy atom. The topological polar surface area (TPSA) is 85.0 Å². The molecule has 0 radical (unpaired) electrons. The molecule has 1 aliphatic heterocycles. The maximum absolute atomic E-state index is 11.5. The zero-order chi connectivity index (χ0) is 14.7. The normalized spacial score (nSPS) is 19.5.